The van der Waals surface area contributed by atoms with E-state index in [1.54, 1.807) is 0 Å². The van der Waals surface area contributed by atoms with Crippen LogP contribution >= 0.6 is 27.5 Å². The van der Waals surface area contributed by atoms with Gasteiger partial charge in [0.05, 0.1) is 16.8 Å². The Kier molecular flexibility index (Phi) is 6.00. The number of piperidine rings is 1. The van der Waals surface area contributed by atoms with Gasteiger partial charge in [-0.25, -0.2) is 0 Å². The maximum absolute atomic E-state index is 6.13. The summed E-state index contributed by atoms with van der Waals surface area (Å²) < 4.78 is 6.60. The Labute approximate surface area is 134 Å². The van der Waals surface area contributed by atoms with Gasteiger partial charge in [0, 0.05) is 11.6 Å². The van der Waals surface area contributed by atoms with Gasteiger partial charge in [-0.05, 0) is 73.9 Å². The molecule has 0 aromatic heterocycles. The molecule has 112 valence electrons. The van der Waals surface area contributed by atoms with E-state index in [2.05, 4.69) is 33.2 Å². The summed E-state index contributed by atoms with van der Waals surface area (Å²) in [6.07, 6.45) is 2.49. The Balaban J connectivity index is 2.01. The van der Waals surface area contributed by atoms with Crippen LogP contribution in [0.15, 0.2) is 16.6 Å². The summed E-state index contributed by atoms with van der Waals surface area (Å²) in [6.45, 7) is 5.97. The summed E-state index contributed by atoms with van der Waals surface area (Å²) in [5.41, 5.74) is 0.977. The molecule has 0 saturated carbocycles. The van der Waals surface area contributed by atoms with Crippen molar-refractivity contribution in [2.24, 2.45) is 5.92 Å². The Morgan fingerprint density at radius 1 is 1.40 bits per heavy atom. The minimum absolute atomic E-state index is 0.642. The van der Waals surface area contributed by atoms with Crippen LogP contribution in [0.3, 0.4) is 0 Å². The highest BCUT2D eigenvalue weighted by Gasteiger charge is 2.17. The van der Waals surface area contributed by atoms with Gasteiger partial charge in [0.25, 0.3) is 0 Å². The zero-order valence-corrected chi connectivity index (χ0v) is 14.4. The average Bonchev–Trinajstić information content (AvgIpc) is 2.41. The molecule has 0 aliphatic carbocycles. The van der Waals surface area contributed by atoms with Gasteiger partial charge in [-0.2, -0.15) is 0 Å². The number of ether oxygens (including phenoxy) is 1. The molecule has 0 atom stereocenters. The second-order valence-electron chi connectivity index (χ2n) is 5.32. The van der Waals surface area contributed by atoms with Crippen LogP contribution in [0.1, 0.15) is 19.8 Å². The van der Waals surface area contributed by atoms with Crippen molar-refractivity contribution in [1.82, 2.24) is 4.90 Å². The zero-order valence-electron chi connectivity index (χ0n) is 12.1. The molecule has 0 bridgehead atoms. The maximum atomic E-state index is 6.13. The Morgan fingerprint density at radius 3 is 2.75 bits per heavy atom. The van der Waals surface area contributed by atoms with Gasteiger partial charge >= 0.3 is 0 Å². The van der Waals surface area contributed by atoms with E-state index in [-0.39, 0.29) is 0 Å². The number of anilines is 1. The van der Waals surface area contributed by atoms with E-state index in [9.17, 15) is 0 Å². The van der Waals surface area contributed by atoms with Crippen molar-refractivity contribution in [3.05, 3.63) is 21.6 Å². The normalized spacial score (nSPS) is 17.2. The standard InChI is InChI=1S/C15H22BrClN2O/c1-3-20-15-13(16)8-12(17)9-14(15)18-10-11-4-6-19(2)7-5-11/h8-9,11,18H,3-7,10H2,1-2H3. The first-order valence-electron chi connectivity index (χ1n) is 7.14. The third-order valence-electron chi connectivity index (χ3n) is 3.72. The van der Waals surface area contributed by atoms with Crippen LogP contribution in [0, 0.1) is 5.92 Å². The first-order valence-corrected chi connectivity index (χ1v) is 8.31. The van der Waals surface area contributed by atoms with E-state index in [0.29, 0.717) is 11.6 Å². The molecule has 0 radical (unpaired) electrons. The fourth-order valence-corrected chi connectivity index (χ4v) is 3.43. The van der Waals surface area contributed by atoms with Gasteiger partial charge in [0.2, 0.25) is 0 Å². The van der Waals surface area contributed by atoms with Crippen molar-refractivity contribution in [2.75, 3.05) is 38.6 Å². The number of nitrogens with zero attached hydrogens (tertiary/aromatic N) is 1. The molecule has 5 heteroatoms. The molecule has 1 saturated heterocycles. The van der Waals surface area contributed by atoms with Crippen LogP contribution in [0.2, 0.25) is 5.02 Å². The highest BCUT2D eigenvalue weighted by atomic mass is 79.9. The number of rotatable bonds is 5. The highest BCUT2D eigenvalue weighted by molar-refractivity contribution is 9.10. The maximum Gasteiger partial charge on any atom is 0.156 e. The first kappa shape index (κ1) is 15.9. The van der Waals surface area contributed by atoms with Crippen LogP contribution in [-0.2, 0) is 0 Å². The third-order valence-corrected chi connectivity index (χ3v) is 4.52. The number of benzene rings is 1. The summed E-state index contributed by atoms with van der Waals surface area (Å²) >= 11 is 9.65. The molecule has 1 aromatic carbocycles. The smallest absolute Gasteiger partial charge is 0.156 e. The van der Waals surface area contributed by atoms with Crippen molar-refractivity contribution in [1.29, 1.82) is 0 Å². The van der Waals surface area contributed by atoms with Gasteiger partial charge in [-0.1, -0.05) is 11.6 Å². The number of halogens is 2. The molecule has 1 aliphatic rings. The van der Waals surface area contributed by atoms with E-state index in [1.807, 2.05) is 19.1 Å². The average molecular weight is 362 g/mol. The lowest BCUT2D eigenvalue weighted by atomic mass is 9.97. The molecular weight excluding hydrogens is 340 g/mol. The van der Waals surface area contributed by atoms with Gasteiger partial charge in [-0.3, -0.25) is 0 Å². The van der Waals surface area contributed by atoms with E-state index in [0.717, 1.165) is 28.4 Å². The van der Waals surface area contributed by atoms with Crippen molar-refractivity contribution in [2.45, 2.75) is 19.8 Å². The monoisotopic (exact) mass is 360 g/mol. The lowest BCUT2D eigenvalue weighted by molar-refractivity contribution is 0.226. The summed E-state index contributed by atoms with van der Waals surface area (Å²) in [4.78, 5) is 2.39. The summed E-state index contributed by atoms with van der Waals surface area (Å²) in [7, 11) is 2.19. The molecule has 0 amide bonds. The topological polar surface area (TPSA) is 24.5 Å². The van der Waals surface area contributed by atoms with Crippen molar-refractivity contribution >= 4 is 33.2 Å². The molecule has 0 spiro atoms. The number of nitrogens with one attached hydrogen (secondary N) is 1. The SMILES string of the molecule is CCOc1c(Br)cc(Cl)cc1NCC1CCN(C)CC1. The van der Waals surface area contributed by atoms with Gasteiger partial charge in [0.1, 0.15) is 0 Å². The fourth-order valence-electron chi connectivity index (χ4n) is 2.50. The Morgan fingerprint density at radius 2 is 2.10 bits per heavy atom. The number of hydrogen-bond donors (Lipinski definition) is 1. The second kappa shape index (κ2) is 7.53. The second-order valence-corrected chi connectivity index (χ2v) is 6.62. The molecule has 1 aromatic rings. The summed E-state index contributed by atoms with van der Waals surface area (Å²) in [5.74, 6) is 1.57. The van der Waals surface area contributed by atoms with Crippen molar-refractivity contribution in [3.63, 3.8) is 0 Å². The van der Waals surface area contributed by atoms with E-state index < -0.39 is 0 Å². The van der Waals surface area contributed by atoms with Crippen LogP contribution in [0.25, 0.3) is 0 Å². The number of likely N-dealkylation sites (tertiary alicyclic amines) is 1. The lowest BCUT2D eigenvalue weighted by Gasteiger charge is -2.29. The highest BCUT2D eigenvalue weighted by Crippen LogP contribution is 2.37. The molecule has 1 fully saturated rings. The van der Waals surface area contributed by atoms with Gasteiger partial charge in [0.15, 0.2) is 5.75 Å². The van der Waals surface area contributed by atoms with E-state index >= 15 is 0 Å². The molecule has 1 aliphatic heterocycles. The minimum atomic E-state index is 0.642. The zero-order chi connectivity index (χ0) is 14.5. The van der Waals surface area contributed by atoms with Crippen LogP contribution in [0.4, 0.5) is 5.69 Å². The van der Waals surface area contributed by atoms with Crippen molar-refractivity contribution < 1.29 is 4.74 Å². The molecule has 1 N–H and O–H groups in total. The lowest BCUT2D eigenvalue weighted by Crippen LogP contribution is -2.33. The predicted molar refractivity (Wildman–Crippen MR) is 89.0 cm³/mol. The van der Waals surface area contributed by atoms with Crippen LogP contribution < -0.4 is 10.1 Å². The Bertz CT molecular complexity index is 448. The molecule has 0 unspecified atom stereocenters. The van der Waals surface area contributed by atoms with Crippen LogP contribution in [-0.4, -0.2) is 38.2 Å². The van der Waals surface area contributed by atoms with Gasteiger partial charge < -0.3 is 15.0 Å². The van der Waals surface area contributed by atoms with Crippen molar-refractivity contribution in [3.8, 4) is 5.75 Å². The molecule has 3 nitrogen and oxygen atoms in total. The van der Waals surface area contributed by atoms with Crippen LogP contribution in [0.5, 0.6) is 5.75 Å². The summed E-state index contributed by atoms with van der Waals surface area (Å²) in [5, 5.41) is 4.22. The first-order chi connectivity index (χ1) is 9.60. The van der Waals surface area contributed by atoms with E-state index in [4.69, 9.17) is 16.3 Å². The summed E-state index contributed by atoms with van der Waals surface area (Å²) in [6, 6.07) is 3.81. The quantitative estimate of drug-likeness (QED) is 0.848. The predicted octanol–water partition coefficient (Wildman–Crippen LogP) is 4.25. The largest absolute Gasteiger partial charge is 0.491 e. The molecular formula is C15H22BrClN2O. The fraction of sp³-hybridized carbons (Fsp3) is 0.600. The number of hydrogen-bond acceptors (Lipinski definition) is 3. The molecule has 1 heterocycles. The molecule has 2 rings (SSSR count). The Hall–Kier alpha value is -0.450. The third kappa shape index (κ3) is 4.27. The van der Waals surface area contributed by atoms with Gasteiger partial charge in [-0.15, -0.1) is 0 Å². The molecule has 20 heavy (non-hydrogen) atoms. The minimum Gasteiger partial charge on any atom is -0.491 e. The van der Waals surface area contributed by atoms with E-state index in [1.165, 1.54) is 25.9 Å².